The van der Waals surface area contributed by atoms with E-state index in [0.29, 0.717) is 18.7 Å². The highest BCUT2D eigenvalue weighted by Crippen LogP contribution is 2.29. The van der Waals surface area contributed by atoms with E-state index in [4.69, 9.17) is 4.74 Å². The van der Waals surface area contributed by atoms with Crippen LogP contribution < -0.4 is 9.46 Å². The minimum absolute atomic E-state index is 0.0862. The molecule has 1 aromatic carbocycles. The van der Waals surface area contributed by atoms with Crippen molar-refractivity contribution in [1.29, 1.82) is 0 Å². The molecule has 0 saturated heterocycles. The molecule has 3 N–H and O–H groups in total. The fourth-order valence-corrected chi connectivity index (χ4v) is 3.90. The van der Waals surface area contributed by atoms with E-state index in [1.807, 2.05) is 18.2 Å². The molecule has 4 atom stereocenters. The van der Waals surface area contributed by atoms with Crippen LogP contribution in [-0.2, 0) is 10.2 Å². The maximum atomic E-state index is 12.2. The van der Waals surface area contributed by atoms with Gasteiger partial charge in [0.15, 0.2) is 0 Å². The Kier molecular flexibility index (Phi) is 6.78. The highest BCUT2D eigenvalue weighted by Gasteiger charge is 2.47. The van der Waals surface area contributed by atoms with Crippen molar-refractivity contribution in [2.45, 2.75) is 30.7 Å². The van der Waals surface area contributed by atoms with Crippen molar-refractivity contribution in [2.24, 2.45) is 0 Å². The van der Waals surface area contributed by atoms with Crippen molar-refractivity contribution in [3.63, 3.8) is 0 Å². The van der Waals surface area contributed by atoms with Crippen molar-refractivity contribution in [2.75, 3.05) is 34.3 Å². The van der Waals surface area contributed by atoms with Crippen molar-refractivity contribution >= 4 is 10.2 Å². The number of ether oxygens (including phenoxy) is 1. The Labute approximate surface area is 149 Å². The molecule has 0 unspecified atom stereocenters. The number of hydrogen-bond acceptors (Lipinski definition) is 6. The fraction of sp³-hybridized carbons (Fsp3) is 0.625. The summed E-state index contributed by atoms with van der Waals surface area (Å²) in [6.07, 6.45) is -1.13. The number of benzene rings is 1. The summed E-state index contributed by atoms with van der Waals surface area (Å²) in [4.78, 5) is 1.75. The molecule has 1 aliphatic rings. The molecule has 2 rings (SSSR count). The van der Waals surface area contributed by atoms with Gasteiger partial charge >= 0.3 is 0 Å². The number of rotatable bonds is 8. The molecule has 1 saturated carbocycles. The second kappa shape index (κ2) is 8.43. The number of aliphatic hydroxyl groups excluding tert-OH is 2. The van der Waals surface area contributed by atoms with E-state index in [2.05, 4.69) is 4.72 Å². The summed E-state index contributed by atoms with van der Waals surface area (Å²) < 4.78 is 34.0. The van der Waals surface area contributed by atoms with Gasteiger partial charge < -0.3 is 14.9 Å². The van der Waals surface area contributed by atoms with E-state index in [9.17, 15) is 18.6 Å². The molecule has 25 heavy (non-hydrogen) atoms. The molecule has 142 valence electrons. The average molecular weight is 373 g/mol. The topological polar surface area (TPSA) is 102 Å². The number of likely N-dealkylation sites (N-methyl/N-ethyl adjacent to an activating group) is 1. The van der Waals surface area contributed by atoms with E-state index in [1.54, 1.807) is 24.1 Å². The van der Waals surface area contributed by atoms with Gasteiger partial charge in [0.05, 0.1) is 12.6 Å². The largest absolute Gasteiger partial charge is 0.488 e. The molecular weight excluding hydrogens is 346 g/mol. The van der Waals surface area contributed by atoms with Gasteiger partial charge in [-0.15, -0.1) is 0 Å². The third-order valence-corrected chi connectivity index (χ3v) is 5.96. The minimum Gasteiger partial charge on any atom is -0.488 e. The van der Waals surface area contributed by atoms with Crippen molar-refractivity contribution in [3.8, 4) is 5.75 Å². The molecule has 1 aromatic rings. The van der Waals surface area contributed by atoms with Crippen LogP contribution in [0.4, 0.5) is 0 Å². The lowest BCUT2D eigenvalue weighted by Crippen LogP contribution is -2.54. The summed E-state index contributed by atoms with van der Waals surface area (Å²) in [5.74, 6) is 0.617. The monoisotopic (exact) mass is 373 g/mol. The number of aliphatic hydroxyl groups is 2. The summed E-state index contributed by atoms with van der Waals surface area (Å²) >= 11 is 0. The molecule has 0 amide bonds. The van der Waals surface area contributed by atoms with Gasteiger partial charge in [-0.25, -0.2) is 0 Å². The third-order valence-electron chi connectivity index (χ3n) is 4.40. The lowest BCUT2D eigenvalue weighted by Gasteiger charge is -2.32. The molecule has 0 aliphatic heterocycles. The highest BCUT2D eigenvalue weighted by atomic mass is 32.2. The quantitative estimate of drug-likeness (QED) is 0.555. The van der Waals surface area contributed by atoms with Crippen LogP contribution in [0.5, 0.6) is 5.75 Å². The molecule has 0 spiro atoms. The van der Waals surface area contributed by atoms with E-state index >= 15 is 0 Å². The van der Waals surface area contributed by atoms with Crippen LogP contribution in [0.15, 0.2) is 30.3 Å². The molecule has 1 aliphatic carbocycles. The summed E-state index contributed by atoms with van der Waals surface area (Å²) in [5.41, 5.74) is 0. The number of hydrogen-bond donors (Lipinski definition) is 3. The van der Waals surface area contributed by atoms with Gasteiger partial charge in [0, 0.05) is 33.1 Å². The normalized spacial score (nSPS) is 27.2. The predicted molar refractivity (Wildman–Crippen MR) is 94.5 cm³/mol. The Morgan fingerprint density at radius 1 is 1.24 bits per heavy atom. The summed E-state index contributed by atoms with van der Waals surface area (Å²) in [5, 5.41) is 19.9. The van der Waals surface area contributed by atoms with E-state index in [1.165, 1.54) is 14.1 Å². The van der Waals surface area contributed by atoms with Crippen LogP contribution in [0.2, 0.25) is 0 Å². The lowest BCUT2D eigenvalue weighted by atomic mass is 10.1. The summed E-state index contributed by atoms with van der Waals surface area (Å²) in [6.45, 7) is 0.233. The van der Waals surface area contributed by atoms with Crippen LogP contribution in [-0.4, -0.2) is 86.4 Å². The van der Waals surface area contributed by atoms with Crippen molar-refractivity contribution < 1.29 is 23.4 Å². The maximum Gasteiger partial charge on any atom is 0.279 e. The minimum atomic E-state index is -3.66. The van der Waals surface area contributed by atoms with Crippen LogP contribution in [0.1, 0.15) is 6.42 Å². The zero-order chi connectivity index (χ0) is 18.6. The molecule has 0 aromatic heterocycles. The Morgan fingerprint density at radius 2 is 1.88 bits per heavy atom. The summed E-state index contributed by atoms with van der Waals surface area (Å²) in [6, 6.07) is 8.07. The lowest BCUT2D eigenvalue weighted by molar-refractivity contribution is 0.0116. The first-order chi connectivity index (χ1) is 11.8. The molecule has 9 heteroatoms. The molecule has 0 radical (unpaired) electrons. The number of nitrogens with one attached hydrogen (secondary N) is 1. The van der Waals surface area contributed by atoms with Gasteiger partial charge in [-0.2, -0.15) is 17.4 Å². The first kappa shape index (κ1) is 20.1. The van der Waals surface area contributed by atoms with Gasteiger partial charge in [0.1, 0.15) is 18.0 Å². The summed E-state index contributed by atoms with van der Waals surface area (Å²) in [7, 11) is 0.972. The smallest absolute Gasteiger partial charge is 0.279 e. The van der Waals surface area contributed by atoms with Crippen LogP contribution >= 0.6 is 0 Å². The second-order valence-electron chi connectivity index (χ2n) is 6.40. The van der Waals surface area contributed by atoms with Gasteiger partial charge in [0.2, 0.25) is 0 Å². The Morgan fingerprint density at radius 3 is 2.44 bits per heavy atom. The SMILES string of the molecule is CN(CCO)[C@@H]1[C@@H](O)[C@H](Oc2ccccc2)C[C@H]1NS(=O)(=O)N(C)C. The third kappa shape index (κ3) is 4.90. The highest BCUT2D eigenvalue weighted by molar-refractivity contribution is 7.87. The maximum absolute atomic E-state index is 12.2. The van der Waals surface area contributed by atoms with E-state index in [-0.39, 0.29) is 6.61 Å². The first-order valence-corrected chi connectivity index (χ1v) is 9.61. The molecule has 8 nitrogen and oxygen atoms in total. The molecular formula is C16H27N3O5S. The van der Waals surface area contributed by atoms with Crippen LogP contribution in [0.25, 0.3) is 0 Å². The van der Waals surface area contributed by atoms with Crippen LogP contribution in [0.3, 0.4) is 0 Å². The fourth-order valence-electron chi connectivity index (χ4n) is 3.07. The second-order valence-corrected chi connectivity index (χ2v) is 8.32. The van der Waals surface area contributed by atoms with E-state index < -0.39 is 34.5 Å². The first-order valence-electron chi connectivity index (χ1n) is 8.17. The van der Waals surface area contributed by atoms with Gasteiger partial charge in [-0.05, 0) is 19.2 Å². The average Bonchev–Trinajstić information content (AvgIpc) is 2.83. The Bertz CT molecular complexity index is 640. The van der Waals surface area contributed by atoms with E-state index in [0.717, 1.165) is 4.31 Å². The molecule has 0 bridgehead atoms. The Hall–Kier alpha value is -1.23. The van der Waals surface area contributed by atoms with Crippen LogP contribution in [0, 0.1) is 0 Å². The van der Waals surface area contributed by atoms with Crippen molar-refractivity contribution in [1.82, 2.24) is 13.9 Å². The zero-order valence-electron chi connectivity index (χ0n) is 14.7. The van der Waals surface area contributed by atoms with Crippen molar-refractivity contribution in [3.05, 3.63) is 30.3 Å². The molecule has 0 heterocycles. The van der Waals surface area contributed by atoms with Gasteiger partial charge in [-0.3, -0.25) is 4.90 Å². The molecule has 1 fully saturated rings. The Balaban J connectivity index is 2.20. The standard InChI is InChI=1S/C16H27N3O5S/c1-18(2)25(22,23)17-13-11-14(24-12-7-5-4-6-8-12)16(21)15(13)19(3)9-10-20/h4-8,13-17,20-21H,9-11H2,1-3H3/t13-,14-,15+,16+/m1/s1. The predicted octanol–water partition coefficient (Wildman–Crippen LogP) is -0.744. The number of nitrogens with zero attached hydrogens (tertiary/aromatic N) is 2. The zero-order valence-corrected chi connectivity index (χ0v) is 15.6. The number of para-hydroxylation sites is 1. The van der Waals surface area contributed by atoms with Gasteiger partial charge in [-0.1, -0.05) is 18.2 Å². The van der Waals surface area contributed by atoms with Gasteiger partial charge in [0.25, 0.3) is 10.2 Å².